The molecule has 1 heterocycles. The maximum Gasteiger partial charge on any atom is 0.315 e. The van der Waals surface area contributed by atoms with Gasteiger partial charge in [0, 0.05) is 18.3 Å². The van der Waals surface area contributed by atoms with E-state index in [4.69, 9.17) is 16.0 Å². The molecule has 1 fully saturated rings. The SMILES string of the molecule is CCCC1CC1Nc1nnc(CCCl)o1. The van der Waals surface area contributed by atoms with Gasteiger partial charge in [-0.1, -0.05) is 18.4 Å². The van der Waals surface area contributed by atoms with Crippen molar-refractivity contribution < 1.29 is 4.42 Å². The zero-order valence-electron chi connectivity index (χ0n) is 8.87. The second-order valence-corrected chi connectivity index (χ2v) is 4.35. The number of alkyl halides is 1. The Hall–Kier alpha value is -0.770. The molecule has 0 aromatic carbocycles. The standard InChI is InChI=1S/C10H16ClN3O/c1-2-3-7-6-8(7)12-10-14-13-9(15-10)4-5-11/h7-8H,2-6H2,1H3,(H,12,14). The molecule has 1 aliphatic carbocycles. The molecule has 15 heavy (non-hydrogen) atoms. The average Bonchev–Trinajstić information content (AvgIpc) is 2.76. The maximum absolute atomic E-state index is 5.58. The number of hydrogen-bond donors (Lipinski definition) is 1. The zero-order chi connectivity index (χ0) is 10.7. The first kappa shape index (κ1) is 10.7. The number of nitrogens with zero attached hydrogens (tertiary/aromatic N) is 2. The van der Waals surface area contributed by atoms with Crippen molar-refractivity contribution in [3.63, 3.8) is 0 Å². The highest BCUT2D eigenvalue weighted by Crippen LogP contribution is 2.36. The minimum Gasteiger partial charge on any atom is -0.408 e. The van der Waals surface area contributed by atoms with Gasteiger partial charge in [-0.15, -0.1) is 16.7 Å². The molecule has 0 amide bonds. The number of anilines is 1. The van der Waals surface area contributed by atoms with Crippen molar-refractivity contribution in [2.24, 2.45) is 5.92 Å². The Morgan fingerprint density at radius 1 is 1.53 bits per heavy atom. The van der Waals surface area contributed by atoms with Crippen molar-refractivity contribution in [2.75, 3.05) is 11.2 Å². The summed E-state index contributed by atoms with van der Waals surface area (Å²) in [5.41, 5.74) is 0. The lowest BCUT2D eigenvalue weighted by Crippen LogP contribution is -2.04. The van der Waals surface area contributed by atoms with Gasteiger partial charge in [0.25, 0.3) is 0 Å². The van der Waals surface area contributed by atoms with Crippen LogP contribution in [-0.2, 0) is 6.42 Å². The summed E-state index contributed by atoms with van der Waals surface area (Å²) in [5, 5.41) is 11.1. The summed E-state index contributed by atoms with van der Waals surface area (Å²) in [6.45, 7) is 2.21. The lowest BCUT2D eigenvalue weighted by Gasteiger charge is -1.98. The Morgan fingerprint density at radius 2 is 2.40 bits per heavy atom. The number of halogens is 1. The van der Waals surface area contributed by atoms with Gasteiger partial charge in [-0.05, 0) is 18.8 Å². The minimum atomic E-state index is 0.517. The van der Waals surface area contributed by atoms with Gasteiger partial charge in [-0.25, -0.2) is 0 Å². The highest BCUT2D eigenvalue weighted by Gasteiger charge is 2.36. The summed E-state index contributed by atoms with van der Waals surface area (Å²) in [5.74, 6) is 1.92. The largest absolute Gasteiger partial charge is 0.408 e. The molecule has 2 atom stereocenters. The fourth-order valence-electron chi connectivity index (χ4n) is 1.77. The van der Waals surface area contributed by atoms with Crippen molar-refractivity contribution in [1.82, 2.24) is 10.2 Å². The maximum atomic E-state index is 5.58. The van der Waals surface area contributed by atoms with Crippen molar-refractivity contribution in [3.05, 3.63) is 5.89 Å². The lowest BCUT2D eigenvalue weighted by molar-refractivity contribution is 0.510. The Balaban J connectivity index is 1.79. The first-order valence-electron chi connectivity index (χ1n) is 5.48. The molecule has 1 aromatic heterocycles. The van der Waals surface area contributed by atoms with Crippen LogP contribution < -0.4 is 5.32 Å². The predicted octanol–water partition coefficient (Wildman–Crippen LogP) is 2.45. The van der Waals surface area contributed by atoms with E-state index in [0.29, 0.717) is 30.2 Å². The molecule has 1 N–H and O–H groups in total. The molecule has 1 saturated carbocycles. The van der Waals surface area contributed by atoms with Crippen LogP contribution in [0.4, 0.5) is 6.01 Å². The highest BCUT2D eigenvalue weighted by molar-refractivity contribution is 6.17. The molecule has 0 radical (unpaired) electrons. The number of hydrogen-bond acceptors (Lipinski definition) is 4. The quantitative estimate of drug-likeness (QED) is 0.762. The van der Waals surface area contributed by atoms with Crippen molar-refractivity contribution in [3.8, 4) is 0 Å². The van der Waals surface area contributed by atoms with Gasteiger partial charge in [0.1, 0.15) is 0 Å². The monoisotopic (exact) mass is 229 g/mol. The molecule has 0 saturated heterocycles. The Morgan fingerprint density at radius 3 is 3.13 bits per heavy atom. The van der Waals surface area contributed by atoms with E-state index in [1.165, 1.54) is 19.3 Å². The first-order chi connectivity index (χ1) is 7.33. The van der Waals surface area contributed by atoms with Gasteiger partial charge in [-0.2, -0.15) is 0 Å². The number of rotatable bonds is 6. The summed E-state index contributed by atoms with van der Waals surface area (Å²) >= 11 is 5.58. The van der Waals surface area contributed by atoms with Crippen molar-refractivity contribution >= 4 is 17.6 Å². The molecular formula is C10H16ClN3O. The van der Waals surface area contributed by atoms with E-state index in [-0.39, 0.29) is 0 Å². The predicted molar refractivity (Wildman–Crippen MR) is 59.1 cm³/mol. The molecule has 5 heteroatoms. The third-order valence-electron chi connectivity index (χ3n) is 2.67. The number of aryl methyl sites for hydroxylation is 1. The average molecular weight is 230 g/mol. The Kier molecular flexibility index (Phi) is 3.46. The van der Waals surface area contributed by atoms with E-state index in [0.717, 1.165) is 5.92 Å². The molecule has 2 unspecified atom stereocenters. The summed E-state index contributed by atoms with van der Waals surface area (Å²) < 4.78 is 5.38. The zero-order valence-corrected chi connectivity index (χ0v) is 9.63. The van der Waals surface area contributed by atoms with Crippen LogP contribution in [0.25, 0.3) is 0 Å². The smallest absolute Gasteiger partial charge is 0.315 e. The van der Waals surface area contributed by atoms with E-state index in [2.05, 4.69) is 22.4 Å². The van der Waals surface area contributed by atoms with Crippen LogP contribution in [-0.4, -0.2) is 22.1 Å². The number of aromatic nitrogens is 2. The molecular weight excluding hydrogens is 214 g/mol. The second kappa shape index (κ2) is 4.84. The van der Waals surface area contributed by atoms with Gasteiger partial charge in [0.05, 0.1) is 0 Å². The second-order valence-electron chi connectivity index (χ2n) is 3.98. The normalized spacial score (nSPS) is 24.1. The minimum absolute atomic E-state index is 0.517. The Bertz CT molecular complexity index is 315. The van der Waals surface area contributed by atoms with E-state index in [9.17, 15) is 0 Å². The van der Waals surface area contributed by atoms with Crippen LogP contribution in [0.1, 0.15) is 32.1 Å². The molecule has 4 nitrogen and oxygen atoms in total. The summed E-state index contributed by atoms with van der Waals surface area (Å²) in [6, 6.07) is 1.08. The van der Waals surface area contributed by atoms with Crippen LogP contribution in [0.15, 0.2) is 4.42 Å². The summed E-state index contributed by atoms with van der Waals surface area (Å²) in [7, 11) is 0. The van der Waals surface area contributed by atoms with Crippen LogP contribution >= 0.6 is 11.6 Å². The fraction of sp³-hybridized carbons (Fsp3) is 0.800. The molecule has 1 aromatic rings. The topological polar surface area (TPSA) is 51.0 Å². The van der Waals surface area contributed by atoms with Gasteiger partial charge in [0.15, 0.2) is 0 Å². The summed E-state index contributed by atoms with van der Waals surface area (Å²) in [6.07, 6.45) is 4.38. The third kappa shape index (κ3) is 2.84. The highest BCUT2D eigenvalue weighted by atomic mass is 35.5. The van der Waals surface area contributed by atoms with Crippen LogP contribution in [0.2, 0.25) is 0 Å². The van der Waals surface area contributed by atoms with Crippen LogP contribution in [0.5, 0.6) is 0 Å². The van der Waals surface area contributed by atoms with E-state index < -0.39 is 0 Å². The van der Waals surface area contributed by atoms with E-state index in [1.54, 1.807) is 0 Å². The lowest BCUT2D eigenvalue weighted by atomic mass is 10.2. The van der Waals surface area contributed by atoms with E-state index >= 15 is 0 Å². The van der Waals surface area contributed by atoms with Crippen molar-refractivity contribution in [2.45, 2.75) is 38.6 Å². The molecule has 84 valence electrons. The molecule has 0 bridgehead atoms. The van der Waals surface area contributed by atoms with Crippen LogP contribution in [0.3, 0.4) is 0 Å². The van der Waals surface area contributed by atoms with Gasteiger partial charge in [-0.3, -0.25) is 0 Å². The molecule has 1 aliphatic rings. The summed E-state index contributed by atoms with van der Waals surface area (Å²) in [4.78, 5) is 0. The molecule has 0 spiro atoms. The van der Waals surface area contributed by atoms with E-state index in [1.807, 2.05) is 0 Å². The molecule has 0 aliphatic heterocycles. The fourth-order valence-corrected chi connectivity index (χ4v) is 1.93. The van der Waals surface area contributed by atoms with Crippen molar-refractivity contribution in [1.29, 1.82) is 0 Å². The van der Waals surface area contributed by atoms with Gasteiger partial charge < -0.3 is 9.73 Å². The Labute approximate surface area is 94.4 Å². The van der Waals surface area contributed by atoms with Gasteiger partial charge in [0.2, 0.25) is 5.89 Å². The third-order valence-corrected chi connectivity index (χ3v) is 2.86. The number of nitrogens with one attached hydrogen (secondary N) is 1. The molecule has 2 rings (SSSR count). The van der Waals surface area contributed by atoms with Crippen LogP contribution in [0, 0.1) is 5.92 Å². The van der Waals surface area contributed by atoms with Gasteiger partial charge >= 0.3 is 6.01 Å². The first-order valence-corrected chi connectivity index (χ1v) is 6.01.